The van der Waals surface area contributed by atoms with Crippen LogP contribution >= 0.6 is 11.6 Å². The van der Waals surface area contributed by atoms with Crippen LogP contribution < -0.4 is 10.6 Å². The van der Waals surface area contributed by atoms with Gasteiger partial charge in [0.1, 0.15) is 0 Å². The van der Waals surface area contributed by atoms with Crippen molar-refractivity contribution in [2.45, 2.75) is 45.7 Å². The van der Waals surface area contributed by atoms with Gasteiger partial charge in [0.2, 0.25) is 5.91 Å². The van der Waals surface area contributed by atoms with Crippen molar-refractivity contribution in [3.05, 3.63) is 34.9 Å². The normalized spacial score (nSPS) is 23.1. The molecular weight excluding hydrogens is 272 g/mol. The first-order chi connectivity index (χ1) is 9.42. The van der Waals surface area contributed by atoms with Gasteiger partial charge in [-0.1, -0.05) is 43.6 Å². The molecule has 1 aromatic rings. The van der Waals surface area contributed by atoms with Crippen molar-refractivity contribution in [3.8, 4) is 0 Å². The molecule has 20 heavy (non-hydrogen) atoms. The van der Waals surface area contributed by atoms with Gasteiger partial charge in [-0.25, -0.2) is 0 Å². The van der Waals surface area contributed by atoms with Crippen molar-refractivity contribution in [2.24, 2.45) is 5.41 Å². The van der Waals surface area contributed by atoms with E-state index in [0.29, 0.717) is 5.02 Å². The Morgan fingerprint density at radius 3 is 2.80 bits per heavy atom. The van der Waals surface area contributed by atoms with Crippen molar-refractivity contribution in [1.29, 1.82) is 0 Å². The standard InChI is InChI=1S/C16H23ClN2O/c1-11(12-7-4-5-8-13(12)17)19-15(20)14-16(2,3)9-6-10-18-14/h4-5,7-8,11,14,18H,6,9-10H2,1-3H3,(H,19,20)/t11-,14?/m0/s1. The second-order valence-corrected chi connectivity index (χ2v) is 6.64. The molecule has 2 rings (SSSR count). The first-order valence-electron chi connectivity index (χ1n) is 7.20. The molecule has 4 heteroatoms. The number of amides is 1. The van der Waals surface area contributed by atoms with E-state index in [4.69, 9.17) is 11.6 Å². The van der Waals surface area contributed by atoms with Gasteiger partial charge < -0.3 is 10.6 Å². The lowest BCUT2D eigenvalue weighted by atomic mass is 9.77. The van der Waals surface area contributed by atoms with Crippen LogP contribution in [-0.2, 0) is 4.79 Å². The molecule has 0 spiro atoms. The Hall–Kier alpha value is -1.06. The third-order valence-electron chi connectivity index (χ3n) is 4.12. The van der Waals surface area contributed by atoms with Crippen molar-refractivity contribution < 1.29 is 4.79 Å². The zero-order valence-electron chi connectivity index (χ0n) is 12.4. The molecule has 1 amide bonds. The molecule has 0 aliphatic carbocycles. The van der Waals surface area contributed by atoms with Crippen molar-refractivity contribution in [1.82, 2.24) is 10.6 Å². The predicted molar refractivity (Wildman–Crippen MR) is 82.8 cm³/mol. The number of carbonyl (C=O) groups is 1. The molecular formula is C16H23ClN2O. The maximum Gasteiger partial charge on any atom is 0.238 e. The highest BCUT2D eigenvalue weighted by Gasteiger charge is 2.37. The third kappa shape index (κ3) is 3.33. The quantitative estimate of drug-likeness (QED) is 0.898. The average Bonchev–Trinajstić information content (AvgIpc) is 2.38. The lowest BCUT2D eigenvalue weighted by molar-refractivity contribution is -0.127. The van der Waals surface area contributed by atoms with Crippen LogP contribution in [0, 0.1) is 5.41 Å². The lowest BCUT2D eigenvalue weighted by Crippen LogP contribution is -2.55. The molecule has 1 aliphatic heterocycles. The smallest absolute Gasteiger partial charge is 0.238 e. The van der Waals surface area contributed by atoms with Crippen molar-refractivity contribution >= 4 is 17.5 Å². The Morgan fingerprint density at radius 1 is 1.45 bits per heavy atom. The molecule has 1 aromatic carbocycles. The average molecular weight is 295 g/mol. The minimum atomic E-state index is -0.138. The van der Waals surface area contributed by atoms with Gasteiger partial charge >= 0.3 is 0 Å². The number of hydrogen-bond donors (Lipinski definition) is 2. The predicted octanol–water partition coefficient (Wildman–Crippen LogP) is 3.30. The Kier molecular flexibility index (Phi) is 4.71. The molecule has 1 aliphatic rings. The summed E-state index contributed by atoms with van der Waals surface area (Å²) in [5, 5.41) is 7.10. The summed E-state index contributed by atoms with van der Waals surface area (Å²) >= 11 is 6.18. The zero-order chi connectivity index (χ0) is 14.8. The maximum atomic E-state index is 12.5. The number of nitrogens with one attached hydrogen (secondary N) is 2. The highest BCUT2D eigenvalue weighted by atomic mass is 35.5. The van der Waals surface area contributed by atoms with E-state index in [-0.39, 0.29) is 23.4 Å². The van der Waals surface area contributed by atoms with E-state index < -0.39 is 0 Å². The van der Waals surface area contributed by atoms with E-state index in [1.807, 2.05) is 31.2 Å². The van der Waals surface area contributed by atoms with Crippen LogP contribution in [0.25, 0.3) is 0 Å². The number of benzene rings is 1. The van der Waals surface area contributed by atoms with Crippen LogP contribution in [-0.4, -0.2) is 18.5 Å². The second-order valence-electron chi connectivity index (χ2n) is 6.23. The Labute approximate surface area is 126 Å². The summed E-state index contributed by atoms with van der Waals surface area (Å²) in [7, 11) is 0. The third-order valence-corrected chi connectivity index (χ3v) is 4.46. The minimum Gasteiger partial charge on any atom is -0.348 e. The van der Waals surface area contributed by atoms with Gasteiger partial charge in [-0.2, -0.15) is 0 Å². The van der Waals surface area contributed by atoms with Gasteiger partial charge in [-0.05, 0) is 43.4 Å². The Balaban J connectivity index is 2.06. The van der Waals surface area contributed by atoms with Gasteiger partial charge in [-0.15, -0.1) is 0 Å². The van der Waals surface area contributed by atoms with Gasteiger partial charge in [0.15, 0.2) is 0 Å². The summed E-state index contributed by atoms with van der Waals surface area (Å²) in [4.78, 5) is 12.5. The summed E-state index contributed by atoms with van der Waals surface area (Å²) in [5.41, 5.74) is 0.943. The van der Waals surface area contributed by atoms with E-state index in [0.717, 1.165) is 24.9 Å². The highest BCUT2D eigenvalue weighted by Crippen LogP contribution is 2.31. The molecule has 1 unspecified atom stereocenters. The maximum absolute atomic E-state index is 12.5. The fourth-order valence-electron chi connectivity index (χ4n) is 2.86. The molecule has 0 aromatic heterocycles. The van der Waals surface area contributed by atoms with Crippen molar-refractivity contribution in [2.75, 3.05) is 6.54 Å². The largest absolute Gasteiger partial charge is 0.348 e. The number of carbonyl (C=O) groups excluding carboxylic acids is 1. The van der Waals surface area contributed by atoms with Crippen LogP contribution in [0.15, 0.2) is 24.3 Å². The minimum absolute atomic E-state index is 0.0114. The first-order valence-corrected chi connectivity index (χ1v) is 7.58. The fourth-order valence-corrected chi connectivity index (χ4v) is 3.16. The highest BCUT2D eigenvalue weighted by molar-refractivity contribution is 6.31. The summed E-state index contributed by atoms with van der Waals surface area (Å²) in [6, 6.07) is 7.41. The van der Waals surface area contributed by atoms with E-state index in [2.05, 4.69) is 24.5 Å². The second kappa shape index (κ2) is 6.15. The monoisotopic (exact) mass is 294 g/mol. The summed E-state index contributed by atoms with van der Waals surface area (Å²) in [6.45, 7) is 7.16. The summed E-state index contributed by atoms with van der Waals surface area (Å²) in [6.07, 6.45) is 2.19. The molecule has 2 atom stereocenters. The van der Waals surface area contributed by atoms with E-state index >= 15 is 0 Å². The number of halogens is 1. The Bertz CT molecular complexity index is 487. The van der Waals surface area contributed by atoms with Gasteiger partial charge in [0, 0.05) is 5.02 Å². The lowest BCUT2D eigenvalue weighted by Gasteiger charge is -2.38. The number of hydrogen-bond acceptors (Lipinski definition) is 2. The van der Waals surface area contributed by atoms with Crippen LogP contribution in [0.5, 0.6) is 0 Å². The topological polar surface area (TPSA) is 41.1 Å². The van der Waals surface area contributed by atoms with E-state index in [1.165, 1.54) is 0 Å². The summed E-state index contributed by atoms with van der Waals surface area (Å²) in [5.74, 6) is 0.0575. The van der Waals surface area contributed by atoms with Gasteiger partial charge in [0.25, 0.3) is 0 Å². The van der Waals surface area contributed by atoms with Crippen LogP contribution in [0.1, 0.15) is 45.2 Å². The molecule has 0 saturated carbocycles. The molecule has 2 N–H and O–H groups in total. The van der Waals surface area contributed by atoms with Crippen LogP contribution in [0.4, 0.5) is 0 Å². The van der Waals surface area contributed by atoms with Gasteiger partial charge in [0.05, 0.1) is 12.1 Å². The SMILES string of the molecule is C[C@H](NC(=O)C1NCCCC1(C)C)c1ccccc1Cl. The summed E-state index contributed by atoms with van der Waals surface area (Å²) < 4.78 is 0. The molecule has 1 heterocycles. The Morgan fingerprint density at radius 2 is 2.15 bits per heavy atom. The van der Waals surface area contributed by atoms with Crippen molar-refractivity contribution in [3.63, 3.8) is 0 Å². The van der Waals surface area contributed by atoms with Gasteiger partial charge in [-0.3, -0.25) is 4.79 Å². The van der Waals surface area contributed by atoms with E-state index in [9.17, 15) is 4.79 Å². The molecule has 0 radical (unpaired) electrons. The van der Waals surface area contributed by atoms with Crippen LogP contribution in [0.3, 0.4) is 0 Å². The first kappa shape index (κ1) is 15.3. The molecule has 110 valence electrons. The zero-order valence-corrected chi connectivity index (χ0v) is 13.1. The molecule has 3 nitrogen and oxygen atoms in total. The fraction of sp³-hybridized carbons (Fsp3) is 0.562. The molecule has 1 saturated heterocycles. The van der Waals surface area contributed by atoms with E-state index in [1.54, 1.807) is 0 Å². The molecule has 0 bridgehead atoms. The number of rotatable bonds is 3. The van der Waals surface area contributed by atoms with Crippen LogP contribution in [0.2, 0.25) is 5.02 Å². The molecule has 1 fully saturated rings. The number of piperidine rings is 1.